The Morgan fingerprint density at radius 2 is 2.33 bits per heavy atom. The van der Waals surface area contributed by atoms with E-state index in [0.29, 0.717) is 6.04 Å². The second-order valence-electron chi connectivity index (χ2n) is 5.59. The minimum Gasteiger partial charge on any atom is -0.314 e. The topological polar surface area (TPSA) is 46.0 Å². The number of nitrogens with one attached hydrogen (secondary N) is 1. The first-order chi connectivity index (χ1) is 10.4. The molecule has 0 aromatic carbocycles. The van der Waals surface area contributed by atoms with Crippen LogP contribution in [0.25, 0.3) is 0 Å². The smallest absolute Gasteiger partial charge is 0.0534 e. The highest BCUT2D eigenvalue weighted by molar-refractivity contribution is 5.16. The summed E-state index contributed by atoms with van der Waals surface area (Å²) in [6.45, 7) is 7.20. The molecule has 0 amide bonds. The van der Waals surface area contributed by atoms with Crippen LogP contribution in [0, 0.1) is 0 Å². The van der Waals surface area contributed by atoms with Gasteiger partial charge in [0.1, 0.15) is 0 Å². The van der Waals surface area contributed by atoms with Crippen molar-refractivity contribution in [2.24, 2.45) is 0 Å². The van der Waals surface area contributed by atoms with Crippen LogP contribution in [-0.4, -0.2) is 39.3 Å². The van der Waals surface area contributed by atoms with Crippen LogP contribution in [0.3, 0.4) is 0 Å². The van der Waals surface area contributed by atoms with Crippen molar-refractivity contribution in [2.45, 2.75) is 32.5 Å². The molecule has 0 radical (unpaired) electrons. The van der Waals surface area contributed by atoms with E-state index in [0.717, 1.165) is 39.1 Å². The maximum Gasteiger partial charge on any atom is 0.0534 e. The van der Waals surface area contributed by atoms with Crippen LogP contribution in [0.2, 0.25) is 0 Å². The first-order valence-corrected chi connectivity index (χ1v) is 7.73. The number of piperazine rings is 1. The van der Waals surface area contributed by atoms with Gasteiger partial charge in [-0.25, -0.2) is 0 Å². The molecule has 0 bridgehead atoms. The van der Waals surface area contributed by atoms with Crippen molar-refractivity contribution < 1.29 is 0 Å². The molecule has 1 atom stereocenters. The number of hydrogen-bond donors (Lipinski definition) is 1. The van der Waals surface area contributed by atoms with Crippen LogP contribution >= 0.6 is 0 Å². The SMILES string of the molecule is CCCn1cc(CN2CCNCC2c2cccnc2)cn1. The number of hydrogen-bond acceptors (Lipinski definition) is 4. The van der Waals surface area contributed by atoms with Gasteiger partial charge in [0.15, 0.2) is 0 Å². The molecule has 2 aromatic heterocycles. The summed E-state index contributed by atoms with van der Waals surface area (Å²) >= 11 is 0. The van der Waals surface area contributed by atoms with Crippen LogP contribution in [0.5, 0.6) is 0 Å². The predicted molar refractivity (Wildman–Crippen MR) is 82.8 cm³/mol. The molecule has 2 aromatic rings. The summed E-state index contributed by atoms with van der Waals surface area (Å²) < 4.78 is 2.04. The van der Waals surface area contributed by atoms with Crippen molar-refractivity contribution >= 4 is 0 Å². The predicted octanol–water partition coefficient (Wildman–Crippen LogP) is 1.83. The van der Waals surface area contributed by atoms with E-state index in [4.69, 9.17) is 0 Å². The maximum absolute atomic E-state index is 4.43. The number of nitrogens with zero attached hydrogens (tertiary/aromatic N) is 4. The first-order valence-electron chi connectivity index (χ1n) is 7.73. The molecule has 3 rings (SSSR count). The lowest BCUT2D eigenvalue weighted by molar-refractivity contribution is 0.153. The third-order valence-corrected chi connectivity index (χ3v) is 3.95. The third-order valence-electron chi connectivity index (χ3n) is 3.95. The molecule has 112 valence electrons. The summed E-state index contributed by atoms with van der Waals surface area (Å²) in [6.07, 6.45) is 9.10. The molecule has 1 unspecified atom stereocenters. The standard InChI is InChI=1S/C16H23N5/c1-2-7-21-13-14(9-19-21)12-20-8-6-18-11-16(20)15-4-3-5-17-10-15/h3-5,9-10,13,16,18H,2,6-8,11-12H2,1H3. The van der Waals surface area contributed by atoms with Gasteiger partial charge in [-0.2, -0.15) is 5.10 Å². The highest BCUT2D eigenvalue weighted by Gasteiger charge is 2.24. The van der Waals surface area contributed by atoms with Gasteiger partial charge < -0.3 is 5.32 Å². The van der Waals surface area contributed by atoms with E-state index in [1.165, 1.54) is 11.1 Å². The Morgan fingerprint density at radius 1 is 1.38 bits per heavy atom. The summed E-state index contributed by atoms with van der Waals surface area (Å²) in [5.41, 5.74) is 2.57. The van der Waals surface area contributed by atoms with Crippen molar-refractivity contribution in [3.63, 3.8) is 0 Å². The van der Waals surface area contributed by atoms with E-state index in [9.17, 15) is 0 Å². The largest absolute Gasteiger partial charge is 0.314 e. The molecule has 1 fully saturated rings. The lowest BCUT2D eigenvalue weighted by atomic mass is 10.0. The summed E-state index contributed by atoms with van der Waals surface area (Å²) in [5, 5.41) is 7.92. The molecule has 1 aliphatic rings. The van der Waals surface area contributed by atoms with Crippen LogP contribution in [0.4, 0.5) is 0 Å². The Balaban J connectivity index is 1.72. The lowest BCUT2D eigenvalue weighted by Crippen LogP contribution is -2.45. The Kier molecular flexibility index (Phi) is 4.62. The molecule has 1 saturated heterocycles. The monoisotopic (exact) mass is 285 g/mol. The van der Waals surface area contributed by atoms with Crippen molar-refractivity contribution in [3.8, 4) is 0 Å². The first kappa shape index (κ1) is 14.2. The highest BCUT2D eigenvalue weighted by atomic mass is 15.3. The minimum atomic E-state index is 0.391. The average molecular weight is 285 g/mol. The van der Waals surface area contributed by atoms with Gasteiger partial charge in [-0.15, -0.1) is 0 Å². The second-order valence-corrected chi connectivity index (χ2v) is 5.59. The number of aryl methyl sites for hydroxylation is 1. The Bertz CT molecular complexity index is 551. The zero-order valence-electron chi connectivity index (χ0n) is 12.6. The molecule has 0 spiro atoms. The van der Waals surface area contributed by atoms with Crippen molar-refractivity contribution in [1.29, 1.82) is 0 Å². The molecule has 1 aliphatic heterocycles. The zero-order valence-corrected chi connectivity index (χ0v) is 12.6. The van der Waals surface area contributed by atoms with Gasteiger partial charge in [-0.3, -0.25) is 14.6 Å². The van der Waals surface area contributed by atoms with E-state index in [2.05, 4.69) is 39.5 Å². The normalized spacial score (nSPS) is 19.8. The Hall–Kier alpha value is -1.72. The maximum atomic E-state index is 4.43. The molecular weight excluding hydrogens is 262 g/mol. The Morgan fingerprint density at radius 3 is 3.14 bits per heavy atom. The second kappa shape index (κ2) is 6.83. The number of pyridine rings is 1. The summed E-state index contributed by atoms with van der Waals surface area (Å²) in [7, 11) is 0. The fraction of sp³-hybridized carbons (Fsp3) is 0.500. The third kappa shape index (κ3) is 3.49. The summed E-state index contributed by atoms with van der Waals surface area (Å²) in [4.78, 5) is 6.77. The van der Waals surface area contributed by atoms with E-state index < -0.39 is 0 Å². The molecule has 0 saturated carbocycles. The van der Waals surface area contributed by atoms with Gasteiger partial charge >= 0.3 is 0 Å². The van der Waals surface area contributed by atoms with E-state index in [1.807, 2.05) is 29.3 Å². The average Bonchev–Trinajstić information content (AvgIpc) is 2.96. The molecule has 5 heteroatoms. The van der Waals surface area contributed by atoms with Crippen molar-refractivity contribution in [3.05, 3.63) is 48.0 Å². The van der Waals surface area contributed by atoms with Gasteiger partial charge in [-0.1, -0.05) is 13.0 Å². The van der Waals surface area contributed by atoms with Gasteiger partial charge in [0.2, 0.25) is 0 Å². The lowest BCUT2D eigenvalue weighted by Gasteiger charge is -2.36. The molecule has 5 nitrogen and oxygen atoms in total. The zero-order chi connectivity index (χ0) is 14.5. The molecule has 0 aliphatic carbocycles. The Labute approximate surface area is 126 Å². The van der Waals surface area contributed by atoms with Gasteiger partial charge in [0.05, 0.1) is 6.20 Å². The molecular formula is C16H23N5. The number of rotatable bonds is 5. The van der Waals surface area contributed by atoms with Crippen molar-refractivity contribution in [2.75, 3.05) is 19.6 Å². The summed E-state index contributed by atoms with van der Waals surface area (Å²) in [5.74, 6) is 0. The van der Waals surface area contributed by atoms with E-state index in [1.54, 1.807) is 0 Å². The summed E-state index contributed by atoms with van der Waals surface area (Å²) in [6, 6.07) is 4.57. The highest BCUT2D eigenvalue weighted by Crippen LogP contribution is 2.23. The number of aromatic nitrogens is 3. The van der Waals surface area contributed by atoms with Gasteiger partial charge in [0, 0.05) is 62.9 Å². The van der Waals surface area contributed by atoms with Crippen LogP contribution in [0.15, 0.2) is 36.9 Å². The van der Waals surface area contributed by atoms with Gasteiger partial charge in [0.25, 0.3) is 0 Å². The van der Waals surface area contributed by atoms with Crippen LogP contribution in [-0.2, 0) is 13.1 Å². The molecule has 3 heterocycles. The fourth-order valence-corrected chi connectivity index (χ4v) is 2.91. The van der Waals surface area contributed by atoms with E-state index in [-0.39, 0.29) is 0 Å². The van der Waals surface area contributed by atoms with Crippen LogP contribution < -0.4 is 5.32 Å². The quantitative estimate of drug-likeness (QED) is 0.910. The molecule has 1 N–H and O–H groups in total. The van der Waals surface area contributed by atoms with Gasteiger partial charge in [-0.05, 0) is 18.1 Å². The van der Waals surface area contributed by atoms with E-state index >= 15 is 0 Å². The fourth-order valence-electron chi connectivity index (χ4n) is 2.91. The molecule has 21 heavy (non-hydrogen) atoms. The minimum absolute atomic E-state index is 0.391. The van der Waals surface area contributed by atoms with Crippen LogP contribution in [0.1, 0.15) is 30.5 Å². The van der Waals surface area contributed by atoms with Crippen molar-refractivity contribution in [1.82, 2.24) is 25.0 Å².